The lowest BCUT2D eigenvalue weighted by atomic mass is 9.76. The molecule has 0 atom stereocenters. The molecule has 2 saturated heterocycles. The molecule has 8 nitrogen and oxygen atoms in total. The van der Waals surface area contributed by atoms with Crippen LogP contribution < -0.4 is 15.2 Å². The molecule has 0 saturated carbocycles. The van der Waals surface area contributed by atoms with E-state index in [9.17, 15) is 9.59 Å². The molecule has 1 aliphatic carbocycles. The van der Waals surface area contributed by atoms with Gasteiger partial charge in [-0.2, -0.15) is 0 Å². The second-order valence-electron chi connectivity index (χ2n) is 8.59. The number of H-pyrrole nitrogens is 1. The number of hydrogen-bond acceptors (Lipinski definition) is 6. The lowest BCUT2D eigenvalue weighted by Crippen LogP contribution is -2.45. The first kappa shape index (κ1) is 20.1. The van der Waals surface area contributed by atoms with Crippen molar-refractivity contribution in [3.63, 3.8) is 0 Å². The lowest BCUT2D eigenvalue weighted by Gasteiger charge is -2.39. The number of carbonyl (C=O) groups excluding carboxylic acids is 1. The summed E-state index contributed by atoms with van der Waals surface area (Å²) in [5, 5.41) is 0. The van der Waals surface area contributed by atoms with Gasteiger partial charge in [-0.25, -0.2) is 4.98 Å². The number of amides is 1. The molecule has 3 aliphatic rings. The quantitative estimate of drug-likeness (QED) is 0.808. The molecule has 1 aromatic heterocycles. The van der Waals surface area contributed by atoms with Crippen LogP contribution in [0.5, 0.6) is 5.75 Å². The second-order valence-corrected chi connectivity index (χ2v) is 8.59. The third-order valence-corrected chi connectivity index (χ3v) is 7.01. The highest BCUT2D eigenvalue weighted by molar-refractivity contribution is 5.97. The molecule has 164 valence electrons. The van der Waals surface area contributed by atoms with Gasteiger partial charge in [0.15, 0.2) is 0 Å². The highest BCUT2D eigenvalue weighted by atomic mass is 16.5. The Morgan fingerprint density at radius 2 is 1.87 bits per heavy atom. The van der Waals surface area contributed by atoms with Gasteiger partial charge >= 0.3 is 0 Å². The fraction of sp³-hybridized carbons (Fsp3) is 0.522. The predicted octanol–water partition coefficient (Wildman–Crippen LogP) is 1.74. The summed E-state index contributed by atoms with van der Waals surface area (Å²) in [6.07, 6.45) is 3.31. The molecule has 1 spiro atoms. The molecule has 2 aromatic rings. The van der Waals surface area contributed by atoms with E-state index in [1.807, 2.05) is 29.2 Å². The van der Waals surface area contributed by atoms with Gasteiger partial charge in [-0.05, 0) is 37.8 Å². The number of nitrogens with zero attached hydrogens (tertiary/aromatic N) is 3. The number of rotatable bonds is 3. The van der Waals surface area contributed by atoms with Crippen LogP contribution in [0, 0.1) is 0 Å². The molecule has 1 N–H and O–H groups in total. The number of piperidine rings is 1. The monoisotopic (exact) mass is 424 g/mol. The normalized spacial score (nSPS) is 20.0. The van der Waals surface area contributed by atoms with Gasteiger partial charge in [0.05, 0.1) is 31.6 Å². The van der Waals surface area contributed by atoms with E-state index in [4.69, 9.17) is 14.5 Å². The Kier molecular flexibility index (Phi) is 5.17. The zero-order valence-corrected chi connectivity index (χ0v) is 17.9. The number of ether oxygens (including phenoxy) is 2. The molecule has 0 radical (unpaired) electrons. The molecule has 0 bridgehead atoms. The van der Waals surface area contributed by atoms with Crippen molar-refractivity contribution in [1.29, 1.82) is 0 Å². The summed E-state index contributed by atoms with van der Waals surface area (Å²) in [4.78, 5) is 37.8. The fourth-order valence-corrected chi connectivity index (χ4v) is 5.18. The average Bonchev–Trinajstić information content (AvgIpc) is 3.18. The minimum atomic E-state index is -0.123. The first-order chi connectivity index (χ1) is 15.1. The highest BCUT2D eigenvalue weighted by Crippen LogP contribution is 2.45. The summed E-state index contributed by atoms with van der Waals surface area (Å²) >= 11 is 0. The highest BCUT2D eigenvalue weighted by Gasteiger charge is 2.45. The van der Waals surface area contributed by atoms with E-state index in [-0.39, 0.29) is 16.9 Å². The van der Waals surface area contributed by atoms with Gasteiger partial charge < -0.3 is 19.3 Å². The largest absolute Gasteiger partial charge is 0.496 e. The zero-order chi connectivity index (χ0) is 21.4. The topological polar surface area (TPSA) is 87.8 Å². The van der Waals surface area contributed by atoms with Crippen LogP contribution in [-0.4, -0.2) is 67.3 Å². The van der Waals surface area contributed by atoms with E-state index in [2.05, 4.69) is 9.88 Å². The van der Waals surface area contributed by atoms with Crippen LogP contribution in [0.4, 0.5) is 5.95 Å². The smallest absolute Gasteiger partial charge is 0.257 e. The Morgan fingerprint density at radius 3 is 2.61 bits per heavy atom. The van der Waals surface area contributed by atoms with Crippen LogP contribution in [-0.2, 0) is 16.6 Å². The molecular formula is C23H28N4O4. The minimum Gasteiger partial charge on any atom is -0.496 e. The number of morpholine rings is 1. The maximum atomic E-state index is 13.1. The Hall–Kier alpha value is -2.87. The standard InChI is InChI=1S/C23H28N4O4/c1-30-18-5-3-2-4-16(18)21(29)26-10-8-23(9-11-26)7-6-17-19(23)24-22(25-20(17)28)27-12-14-31-15-13-27/h2-5H,6-15H2,1H3,(H,24,25,28). The molecule has 31 heavy (non-hydrogen) atoms. The van der Waals surface area contributed by atoms with Crippen molar-refractivity contribution in [2.45, 2.75) is 31.1 Å². The summed E-state index contributed by atoms with van der Waals surface area (Å²) in [6, 6.07) is 7.35. The van der Waals surface area contributed by atoms with Gasteiger partial charge in [0.2, 0.25) is 5.95 Å². The fourth-order valence-electron chi connectivity index (χ4n) is 5.18. The average molecular weight is 425 g/mol. The second kappa shape index (κ2) is 8.00. The first-order valence-electron chi connectivity index (χ1n) is 11.0. The van der Waals surface area contributed by atoms with Gasteiger partial charge in [0.1, 0.15) is 5.75 Å². The Balaban J connectivity index is 1.37. The number of carbonyl (C=O) groups is 1. The maximum absolute atomic E-state index is 13.1. The van der Waals surface area contributed by atoms with Crippen LogP contribution in [0.1, 0.15) is 40.9 Å². The lowest BCUT2D eigenvalue weighted by molar-refractivity contribution is 0.0660. The number of hydrogen-bond donors (Lipinski definition) is 1. The minimum absolute atomic E-state index is 0.00149. The number of methoxy groups -OCH3 is 1. The molecule has 5 rings (SSSR count). The number of benzene rings is 1. The van der Waals surface area contributed by atoms with E-state index < -0.39 is 0 Å². The first-order valence-corrected chi connectivity index (χ1v) is 11.0. The van der Waals surface area contributed by atoms with Crippen LogP contribution in [0.3, 0.4) is 0 Å². The summed E-state index contributed by atoms with van der Waals surface area (Å²) in [5.41, 5.74) is 2.22. The van der Waals surface area contributed by atoms with E-state index >= 15 is 0 Å². The van der Waals surface area contributed by atoms with Crippen molar-refractivity contribution in [2.75, 3.05) is 51.4 Å². The van der Waals surface area contributed by atoms with Crippen LogP contribution in [0.15, 0.2) is 29.1 Å². The number of fused-ring (bicyclic) bond motifs is 2. The van der Waals surface area contributed by atoms with Crippen molar-refractivity contribution in [2.24, 2.45) is 0 Å². The zero-order valence-electron chi connectivity index (χ0n) is 17.9. The van der Waals surface area contributed by atoms with Crippen LogP contribution >= 0.6 is 0 Å². The summed E-state index contributed by atoms with van der Waals surface area (Å²) in [6.45, 7) is 4.05. The maximum Gasteiger partial charge on any atom is 0.257 e. The van der Waals surface area contributed by atoms with Gasteiger partial charge in [-0.3, -0.25) is 14.6 Å². The molecule has 1 amide bonds. The molecule has 2 aliphatic heterocycles. The Bertz CT molecular complexity index is 1040. The molecule has 1 aromatic carbocycles. The number of aromatic amines is 1. The molecular weight excluding hydrogens is 396 g/mol. The number of anilines is 1. The van der Waals surface area contributed by atoms with Crippen molar-refractivity contribution >= 4 is 11.9 Å². The summed E-state index contributed by atoms with van der Waals surface area (Å²) < 4.78 is 10.8. The molecule has 8 heteroatoms. The van der Waals surface area contributed by atoms with Gasteiger partial charge in [-0.15, -0.1) is 0 Å². The number of nitrogens with one attached hydrogen (secondary N) is 1. The molecule has 0 unspecified atom stereocenters. The Labute approximate surface area is 181 Å². The third kappa shape index (κ3) is 3.48. The van der Waals surface area contributed by atoms with E-state index in [1.165, 1.54) is 0 Å². The Morgan fingerprint density at radius 1 is 1.13 bits per heavy atom. The number of para-hydroxylation sites is 1. The van der Waals surface area contributed by atoms with Gasteiger partial charge in [-0.1, -0.05) is 12.1 Å². The molecule has 2 fully saturated rings. The SMILES string of the molecule is COc1ccccc1C(=O)N1CCC2(CCc3c2nc(N2CCOCC2)[nH]c3=O)CC1. The summed E-state index contributed by atoms with van der Waals surface area (Å²) in [7, 11) is 1.59. The number of likely N-dealkylation sites (tertiary alicyclic amines) is 1. The van der Waals surface area contributed by atoms with Crippen molar-refractivity contribution in [3.8, 4) is 5.75 Å². The van der Waals surface area contributed by atoms with Gasteiger partial charge in [0.25, 0.3) is 11.5 Å². The number of aromatic nitrogens is 2. The van der Waals surface area contributed by atoms with Gasteiger partial charge in [0, 0.05) is 37.2 Å². The molecule has 3 heterocycles. The van der Waals surface area contributed by atoms with Crippen molar-refractivity contribution in [3.05, 3.63) is 51.4 Å². The van der Waals surface area contributed by atoms with Crippen LogP contribution in [0.25, 0.3) is 0 Å². The van der Waals surface area contributed by atoms with Crippen LogP contribution in [0.2, 0.25) is 0 Å². The third-order valence-electron chi connectivity index (χ3n) is 7.01. The summed E-state index contributed by atoms with van der Waals surface area (Å²) in [5.74, 6) is 1.25. The van der Waals surface area contributed by atoms with Crippen molar-refractivity contribution < 1.29 is 14.3 Å². The predicted molar refractivity (Wildman–Crippen MR) is 116 cm³/mol. The van der Waals surface area contributed by atoms with E-state index in [0.29, 0.717) is 43.6 Å². The van der Waals surface area contributed by atoms with E-state index in [0.717, 1.165) is 50.0 Å². The van der Waals surface area contributed by atoms with Crippen molar-refractivity contribution in [1.82, 2.24) is 14.9 Å². The van der Waals surface area contributed by atoms with E-state index in [1.54, 1.807) is 7.11 Å².